The molecule has 2 heterocycles. The van der Waals surface area contributed by atoms with Crippen LogP contribution in [0.4, 0.5) is 10.5 Å². The minimum atomic E-state index is -0.564. The lowest BCUT2D eigenvalue weighted by Crippen LogP contribution is -2.32. The number of hydrogen-bond acceptors (Lipinski definition) is 17. The molecule has 0 aliphatic rings. The summed E-state index contributed by atoms with van der Waals surface area (Å²) in [6.45, 7) is 13.1. The molecule has 2 N–H and O–H groups in total. The van der Waals surface area contributed by atoms with Gasteiger partial charge in [0.15, 0.2) is 0 Å². The molecule has 0 unspecified atom stereocenters. The first-order chi connectivity index (χ1) is 30.0. The van der Waals surface area contributed by atoms with Gasteiger partial charge in [0.1, 0.15) is 29.3 Å². The zero-order chi connectivity index (χ0) is 44.8. The summed E-state index contributed by atoms with van der Waals surface area (Å²) < 4.78 is 44.0. The molecule has 0 fully saturated rings. The molecular formula is C44H65N5O12S. The first-order valence-corrected chi connectivity index (χ1v) is 21.9. The van der Waals surface area contributed by atoms with Crippen LogP contribution in [0.3, 0.4) is 0 Å². The van der Waals surface area contributed by atoms with E-state index < -0.39 is 23.6 Å². The topological polar surface area (TPSA) is 190 Å². The number of pyridine rings is 2. The van der Waals surface area contributed by atoms with Gasteiger partial charge < -0.3 is 43.0 Å². The van der Waals surface area contributed by atoms with Gasteiger partial charge in [0.05, 0.1) is 78.5 Å². The summed E-state index contributed by atoms with van der Waals surface area (Å²) >= 11 is 1.81. The van der Waals surface area contributed by atoms with Gasteiger partial charge in [0, 0.05) is 57.3 Å². The standard InChI is InChI=1S/C44H65N5O12S/c1-44(2,3)61-43(53)47-35-13-15-38(16-14-35)60-29-28-59-30-32-62-31-8-22-56-23-19-49(34-37-10-7-12-40(46-37)42(52)55-5)20-25-58-27-26-57-24-18-48(17-21-50)33-36-9-6-11-39(45-36)41(51)54-4/h6-7,9-16,50H,8,17-34H2,1-5H3,(H,47,53). The number of amides is 1. The lowest BCUT2D eigenvalue weighted by molar-refractivity contribution is 0.0244. The molecule has 0 atom stereocenters. The van der Waals surface area contributed by atoms with Crippen LogP contribution in [0.1, 0.15) is 59.6 Å². The van der Waals surface area contributed by atoms with Crippen LogP contribution in [-0.2, 0) is 46.2 Å². The van der Waals surface area contributed by atoms with Gasteiger partial charge in [0.25, 0.3) is 0 Å². The van der Waals surface area contributed by atoms with Gasteiger partial charge in [-0.05, 0) is 81.5 Å². The van der Waals surface area contributed by atoms with Crippen molar-refractivity contribution in [2.75, 3.05) is 123 Å². The number of anilines is 1. The third-order valence-corrected chi connectivity index (χ3v) is 9.60. The Hall–Kier alpha value is -4.40. The molecule has 3 aromatic rings. The molecule has 62 heavy (non-hydrogen) atoms. The fourth-order valence-electron chi connectivity index (χ4n) is 5.58. The highest BCUT2D eigenvalue weighted by molar-refractivity contribution is 7.99. The largest absolute Gasteiger partial charge is 0.491 e. The van der Waals surface area contributed by atoms with E-state index in [9.17, 15) is 19.5 Å². The average Bonchev–Trinajstić information content (AvgIpc) is 3.25. The number of nitrogens with zero attached hydrogens (tertiary/aromatic N) is 4. The third-order valence-electron chi connectivity index (χ3n) is 8.56. The lowest BCUT2D eigenvalue weighted by atomic mass is 10.2. The summed E-state index contributed by atoms with van der Waals surface area (Å²) in [5.41, 5.74) is 1.99. The SMILES string of the molecule is COC(=O)c1cccc(CN(CCO)CCOCCOCCN(CCOCCCSCCOCCOc2ccc(NC(=O)OC(C)(C)C)cc2)Cc2cccc(C(=O)OC)n2)n1. The van der Waals surface area contributed by atoms with Crippen molar-refractivity contribution in [3.05, 3.63) is 83.4 Å². The van der Waals surface area contributed by atoms with Crippen molar-refractivity contribution < 1.29 is 57.4 Å². The van der Waals surface area contributed by atoms with E-state index in [1.165, 1.54) is 14.2 Å². The molecule has 0 saturated carbocycles. The van der Waals surface area contributed by atoms with Crippen molar-refractivity contribution in [2.45, 2.75) is 45.9 Å². The van der Waals surface area contributed by atoms with Crippen molar-refractivity contribution in [3.63, 3.8) is 0 Å². The molecule has 0 saturated heterocycles. The Kier molecular flexibility index (Phi) is 25.7. The Balaban J connectivity index is 1.27. The molecule has 344 valence electrons. The molecule has 18 heteroatoms. The number of rotatable bonds is 32. The van der Waals surface area contributed by atoms with Crippen LogP contribution in [0.15, 0.2) is 60.7 Å². The summed E-state index contributed by atoms with van der Waals surface area (Å²) in [6, 6.07) is 17.6. The second-order valence-corrected chi connectivity index (χ2v) is 15.9. The van der Waals surface area contributed by atoms with E-state index in [-0.39, 0.29) is 18.0 Å². The van der Waals surface area contributed by atoms with Gasteiger partial charge in [-0.25, -0.2) is 24.4 Å². The summed E-state index contributed by atoms with van der Waals surface area (Å²) in [5.74, 6) is 1.53. The van der Waals surface area contributed by atoms with Crippen LogP contribution >= 0.6 is 11.8 Å². The second-order valence-electron chi connectivity index (χ2n) is 14.7. The van der Waals surface area contributed by atoms with Crippen LogP contribution < -0.4 is 10.1 Å². The Morgan fingerprint density at radius 3 is 1.69 bits per heavy atom. The number of aliphatic hydroxyl groups is 1. The number of esters is 2. The van der Waals surface area contributed by atoms with E-state index in [0.717, 1.165) is 23.6 Å². The molecule has 0 spiro atoms. The zero-order valence-corrected chi connectivity index (χ0v) is 37.7. The van der Waals surface area contributed by atoms with Crippen molar-refractivity contribution >= 4 is 35.5 Å². The summed E-state index contributed by atoms with van der Waals surface area (Å²) in [5, 5.41) is 12.2. The van der Waals surface area contributed by atoms with Gasteiger partial charge >= 0.3 is 18.0 Å². The maximum Gasteiger partial charge on any atom is 0.412 e. The number of benzene rings is 1. The molecular weight excluding hydrogens is 823 g/mol. The first kappa shape index (κ1) is 51.9. The lowest BCUT2D eigenvalue weighted by Gasteiger charge is -2.22. The van der Waals surface area contributed by atoms with Crippen molar-refractivity contribution in [1.82, 2.24) is 19.8 Å². The molecule has 1 aromatic carbocycles. The summed E-state index contributed by atoms with van der Waals surface area (Å²) in [4.78, 5) is 48.8. The molecule has 1 amide bonds. The van der Waals surface area contributed by atoms with Crippen LogP contribution in [-0.4, -0.2) is 166 Å². The van der Waals surface area contributed by atoms with Crippen molar-refractivity contribution in [1.29, 1.82) is 0 Å². The van der Waals surface area contributed by atoms with E-state index in [2.05, 4.69) is 20.2 Å². The fraction of sp³-hybridized carbons (Fsp3) is 0.568. The minimum absolute atomic E-state index is 0.0172. The third kappa shape index (κ3) is 23.2. The number of methoxy groups -OCH3 is 2. The molecule has 0 bridgehead atoms. The highest BCUT2D eigenvalue weighted by Gasteiger charge is 2.17. The van der Waals surface area contributed by atoms with Crippen LogP contribution in [0.5, 0.6) is 5.75 Å². The monoisotopic (exact) mass is 887 g/mol. The number of carbonyl (C=O) groups excluding carboxylic acids is 3. The minimum Gasteiger partial charge on any atom is -0.491 e. The quantitative estimate of drug-likeness (QED) is 0.0486. The Labute approximate surface area is 370 Å². The number of ether oxygens (including phenoxy) is 8. The van der Waals surface area contributed by atoms with E-state index in [1.807, 2.05) is 49.6 Å². The number of thioether (sulfide) groups is 1. The highest BCUT2D eigenvalue weighted by Crippen LogP contribution is 2.17. The normalized spacial score (nSPS) is 11.5. The van der Waals surface area contributed by atoms with Gasteiger partial charge in [-0.2, -0.15) is 11.8 Å². The number of hydrogen-bond donors (Lipinski definition) is 2. The maximum atomic E-state index is 12.1. The predicted octanol–water partition coefficient (Wildman–Crippen LogP) is 4.96. The number of aromatic nitrogens is 2. The Morgan fingerprint density at radius 1 is 0.645 bits per heavy atom. The smallest absolute Gasteiger partial charge is 0.412 e. The van der Waals surface area contributed by atoms with Crippen LogP contribution in [0.25, 0.3) is 0 Å². The number of aliphatic hydroxyl groups excluding tert-OH is 1. The van der Waals surface area contributed by atoms with Gasteiger partial charge in [-0.1, -0.05) is 12.1 Å². The zero-order valence-electron chi connectivity index (χ0n) is 36.8. The summed E-state index contributed by atoms with van der Waals surface area (Å²) in [6.07, 6.45) is 0.409. The molecule has 3 rings (SSSR count). The predicted molar refractivity (Wildman–Crippen MR) is 236 cm³/mol. The van der Waals surface area contributed by atoms with Gasteiger partial charge in [0.2, 0.25) is 0 Å². The van der Waals surface area contributed by atoms with E-state index >= 15 is 0 Å². The maximum absolute atomic E-state index is 12.1. The molecule has 2 aromatic heterocycles. The van der Waals surface area contributed by atoms with E-state index in [0.29, 0.717) is 116 Å². The van der Waals surface area contributed by atoms with E-state index in [4.69, 9.17) is 37.9 Å². The number of carbonyl (C=O) groups is 3. The fourth-order valence-corrected chi connectivity index (χ4v) is 6.34. The highest BCUT2D eigenvalue weighted by atomic mass is 32.2. The average molecular weight is 888 g/mol. The molecule has 0 aliphatic heterocycles. The molecule has 0 aliphatic carbocycles. The Bertz CT molecular complexity index is 1720. The molecule has 0 radical (unpaired) electrons. The van der Waals surface area contributed by atoms with Crippen molar-refractivity contribution in [3.8, 4) is 5.75 Å². The van der Waals surface area contributed by atoms with Crippen LogP contribution in [0, 0.1) is 0 Å². The van der Waals surface area contributed by atoms with Crippen LogP contribution in [0.2, 0.25) is 0 Å². The van der Waals surface area contributed by atoms with Crippen molar-refractivity contribution in [2.24, 2.45) is 0 Å². The summed E-state index contributed by atoms with van der Waals surface area (Å²) in [7, 11) is 2.65. The van der Waals surface area contributed by atoms with Gasteiger partial charge in [-0.3, -0.25) is 15.1 Å². The first-order valence-electron chi connectivity index (χ1n) is 20.7. The van der Waals surface area contributed by atoms with E-state index in [1.54, 1.807) is 48.5 Å². The Morgan fingerprint density at radius 2 is 1.16 bits per heavy atom. The molecule has 17 nitrogen and oxygen atoms in total. The van der Waals surface area contributed by atoms with Gasteiger partial charge in [-0.15, -0.1) is 0 Å². The number of nitrogens with one attached hydrogen (secondary N) is 1. The second kappa shape index (κ2) is 30.6.